The number of anilines is 1. The first-order chi connectivity index (χ1) is 13.8. The highest BCUT2D eigenvalue weighted by molar-refractivity contribution is 7.89. The molecule has 3 N–H and O–H groups in total. The van der Waals surface area contributed by atoms with Crippen LogP contribution in [0.5, 0.6) is 0 Å². The number of benzene rings is 1. The highest BCUT2D eigenvalue weighted by atomic mass is 32.2. The van der Waals surface area contributed by atoms with Gasteiger partial charge < -0.3 is 4.74 Å². The monoisotopic (exact) mass is 423 g/mol. The first-order valence-corrected chi connectivity index (χ1v) is 12.3. The predicted octanol–water partition coefficient (Wildman–Crippen LogP) is 3.46. The van der Waals surface area contributed by atoms with Crippen LogP contribution in [0, 0.1) is 5.92 Å². The number of carbonyl (C=O) groups excluding carboxylic acids is 1. The average Bonchev–Trinajstić information content (AvgIpc) is 2.69. The molecule has 0 radical (unpaired) electrons. The van der Waals surface area contributed by atoms with Crippen molar-refractivity contribution in [1.29, 1.82) is 0 Å². The molecule has 1 heterocycles. The van der Waals surface area contributed by atoms with Crippen molar-refractivity contribution in [3.63, 3.8) is 0 Å². The highest BCUT2D eigenvalue weighted by Crippen LogP contribution is 2.28. The van der Waals surface area contributed by atoms with Gasteiger partial charge in [0.05, 0.1) is 5.75 Å². The molecule has 1 aromatic carbocycles. The molecule has 7 nitrogen and oxygen atoms in total. The Morgan fingerprint density at radius 3 is 2.38 bits per heavy atom. The molecule has 29 heavy (non-hydrogen) atoms. The van der Waals surface area contributed by atoms with Crippen LogP contribution in [0.3, 0.4) is 0 Å². The summed E-state index contributed by atoms with van der Waals surface area (Å²) in [6.45, 7) is 2.63. The summed E-state index contributed by atoms with van der Waals surface area (Å²) in [5, 5.41) is 2.69. The van der Waals surface area contributed by atoms with Crippen molar-refractivity contribution in [2.45, 2.75) is 64.0 Å². The first kappa shape index (κ1) is 22.1. The summed E-state index contributed by atoms with van der Waals surface area (Å²) >= 11 is 0. The Bertz CT molecular complexity index is 781. The lowest BCUT2D eigenvalue weighted by Gasteiger charge is -2.38. The SMILES string of the molecule is CCc1ccc(NC(=O)OC2(N)CCN(S(=O)(=O)CC3CCCCC3)CC2)cc1. The normalized spacial score (nSPS) is 20.9. The molecule has 2 fully saturated rings. The summed E-state index contributed by atoms with van der Waals surface area (Å²) in [6.07, 6.45) is 6.34. The number of hydrogen-bond acceptors (Lipinski definition) is 5. The summed E-state index contributed by atoms with van der Waals surface area (Å²) in [6, 6.07) is 7.54. The van der Waals surface area contributed by atoms with Crippen molar-refractivity contribution < 1.29 is 17.9 Å². The second-order valence-corrected chi connectivity index (χ2v) is 10.3. The van der Waals surface area contributed by atoms with Gasteiger partial charge in [-0.3, -0.25) is 11.1 Å². The number of nitrogens with one attached hydrogen (secondary N) is 1. The minimum Gasteiger partial charge on any atom is -0.428 e. The molecule has 1 aromatic rings. The maximum absolute atomic E-state index is 12.7. The molecule has 0 bridgehead atoms. The predicted molar refractivity (Wildman–Crippen MR) is 114 cm³/mol. The van der Waals surface area contributed by atoms with Crippen LogP contribution in [0.4, 0.5) is 10.5 Å². The van der Waals surface area contributed by atoms with E-state index in [-0.39, 0.29) is 24.8 Å². The quantitative estimate of drug-likeness (QED) is 0.682. The van der Waals surface area contributed by atoms with Gasteiger partial charge in [0.2, 0.25) is 10.0 Å². The Morgan fingerprint density at radius 2 is 1.79 bits per heavy atom. The van der Waals surface area contributed by atoms with Crippen molar-refractivity contribution in [3.05, 3.63) is 29.8 Å². The van der Waals surface area contributed by atoms with Crippen molar-refractivity contribution in [1.82, 2.24) is 4.31 Å². The number of sulfonamides is 1. The van der Waals surface area contributed by atoms with Crippen molar-refractivity contribution in [2.75, 3.05) is 24.2 Å². The Morgan fingerprint density at radius 1 is 1.17 bits per heavy atom. The van der Waals surface area contributed by atoms with Gasteiger partial charge in [-0.15, -0.1) is 0 Å². The molecule has 0 spiro atoms. The van der Waals surface area contributed by atoms with E-state index in [1.807, 2.05) is 24.3 Å². The number of aryl methyl sites for hydroxylation is 1. The van der Waals surface area contributed by atoms with Crippen molar-refractivity contribution in [3.8, 4) is 0 Å². The van der Waals surface area contributed by atoms with Crippen molar-refractivity contribution in [2.24, 2.45) is 11.7 Å². The first-order valence-electron chi connectivity index (χ1n) is 10.7. The third kappa shape index (κ3) is 6.17. The second kappa shape index (κ2) is 9.45. The van der Waals surface area contributed by atoms with Gasteiger partial charge in [0.15, 0.2) is 5.72 Å². The highest BCUT2D eigenvalue weighted by Gasteiger charge is 2.38. The molecule has 1 amide bonds. The summed E-state index contributed by atoms with van der Waals surface area (Å²) in [7, 11) is -3.30. The topological polar surface area (TPSA) is 102 Å². The molecule has 8 heteroatoms. The van der Waals surface area contributed by atoms with Crippen LogP contribution in [0.1, 0.15) is 57.4 Å². The molecule has 162 valence electrons. The number of piperidine rings is 1. The molecule has 1 aliphatic heterocycles. The molecular weight excluding hydrogens is 390 g/mol. The number of nitrogens with two attached hydrogens (primary N) is 1. The van der Waals surface area contributed by atoms with E-state index < -0.39 is 21.8 Å². The van der Waals surface area contributed by atoms with Gasteiger partial charge in [-0.1, -0.05) is 38.3 Å². The van der Waals surface area contributed by atoms with E-state index in [0.717, 1.165) is 32.1 Å². The van der Waals surface area contributed by atoms with Gasteiger partial charge >= 0.3 is 6.09 Å². The summed E-state index contributed by atoms with van der Waals surface area (Å²) in [5.41, 5.74) is 6.92. The number of nitrogens with zero attached hydrogens (tertiary/aromatic N) is 1. The zero-order valence-electron chi connectivity index (χ0n) is 17.2. The second-order valence-electron chi connectivity index (χ2n) is 8.31. The summed E-state index contributed by atoms with van der Waals surface area (Å²) in [4.78, 5) is 12.2. The van der Waals surface area contributed by atoms with E-state index in [9.17, 15) is 13.2 Å². The molecule has 1 saturated heterocycles. The average molecular weight is 424 g/mol. The van der Waals surface area contributed by atoms with Crippen LogP contribution < -0.4 is 11.1 Å². The Balaban J connectivity index is 1.49. The minimum atomic E-state index is -3.30. The lowest BCUT2D eigenvalue weighted by molar-refractivity contribution is -0.0117. The van der Waals surface area contributed by atoms with E-state index in [2.05, 4.69) is 12.2 Å². The smallest absolute Gasteiger partial charge is 0.413 e. The van der Waals surface area contributed by atoms with Crippen LogP contribution in [0.2, 0.25) is 0 Å². The Labute approximate surface area is 174 Å². The lowest BCUT2D eigenvalue weighted by Crippen LogP contribution is -2.55. The number of rotatable bonds is 6. The Hall–Kier alpha value is -1.64. The largest absolute Gasteiger partial charge is 0.428 e. The molecule has 2 aliphatic rings. The molecule has 0 unspecified atom stereocenters. The molecule has 0 atom stereocenters. The maximum Gasteiger partial charge on any atom is 0.413 e. The summed E-state index contributed by atoms with van der Waals surface area (Å²) in [5.74, 6) is 0.485. The number of amides is 1. The van der Waals surface area contributed by atoms with Gasteiger partial charge in [0, 0.05) is 31.6 Å². The Kier molecular flexibility index (Phi) is 7.19. The van der Waals surface area contributed by atoms with E-state index >= 15 is 0 Å². The fraction of sp³-hybridized carbons (Fsp3) is 0.667. The van der Waals surface area contributed by atoms with E-state index in [1.165, 1.54) is 16.3 Å². The standard InChI is InChI=1S/C21H33N3O4S/c1-2-17-8-10-19(11-9-17)23-20(25)28-21(22)12-14-24(15-13-21)29(26,27)16-18-6-4-3-5-7-18/h8-11,18H,2-7,12-16,22H2,1H3,(H,23,25). The fourth-order valence-corrected chi connectivity index (χ4v) is 6.03. The van der Waals surface area contributed by atoms with Gasteiger partial charge in [0.25, 0.3) is 0 Å². The summed E-state index contributed by atoms with van der Waals surface area (Å²) < 4.78 is 32.5. The van der Waals surface area contributed by atoms with Crippen LogP contribution in [-0.4, -0.2) is 43.4 Å². The lowest BCUT2D eigenvalue weighted by atomic mass is 9.91. The van der Waals surface area contributed by atoms with Crippen LogP contribution in [0.25, 0.3) is 0 Å². The number of ether oxygens (including phenoxy) is 1. The molecular formula is C21H33N3O4S. The van der Waals surface area contributed by atoms with Crippen LogP contribution >= 0.6 is 0 Å². The van der Waals surface area contributed by atoms with E-state index in [4.69, 9.17) is 10.5 Å². The zero-order valence-corrected chi connectivity index (χ0v) is 18.0. The molecule has 3 rings (SSSR count). The van der Waals surface area contributed by atoms with Gasteiger partial charge in [-0.25, -0.2) is 17.5 Å². The van der Waals surface area contributed by atoms with E-state index in [1.54, 1.807) is 0 Å². The van der Waals surface area contributed by atoms with Crippen LogP contribution in [0.15, 0.2) is 24.3 Å². The minimum absolute atomic E-state index is 0.222. The third-order valence-corrected chi connectivity index (χ3v) is 8.08. The number of carbonyl (C=O) groups is 1. The van der Waals surface area contributed by atoms with E-state index in [0.29, 0.717) is 18.5 Å². The van der Waals surface area contributed by atoms with Gasteiger partial charge in [-0.2, -0.15) is 0 Å². The fourth-order valence-electron chi connectivity index (χ4n) is 4.15. The molecule has 1 saturated carbocycles. The maximum atomic E-state index is 12.7. The van der Waals surface area contributed by atoms with Gasteiger partial charge in [0.1, 0.15) is 0 Å². The van der Waals surface area contributed by atoms with Gasteiger partial charge in [-0.05, 0) is 42.9 Å². The zero-order chi connectivity index (χ0) is 20.9. The number of hydrogen-bond donors (Lipinski definition) is 2. The third-order valence-electron chi connectivity index (χ3n) is 6.04. The molecule has 1 aliphatic carbocycles. The van der Waals surface area contributed by atoms with Crippen LogP contribution in [-0.2, 0) is 21.2 Å². The molecule has 0 aromatic heterocycles. The van der Waals surface area contributed by atoms with Crippen molar-refractivity contribution >= 4 is 21.8 Å².